The van der Waals surface area contributed by atoms with Crippen LogP contribution in [0, 0.1) is 6.92 Å². The van der Waals surface area contributed by atoms with Gasteiger partial charge < -0.3 is 4.74 Å². The highest BCUT2D eigenvalue weighted by atomic mass is 16.5. The van der Waals surface area contributed by atoms with Crippen molar-refractivity contribution in [2.75, 3.05) is 6.61 Å². The van der Waals surface area contributed by atoms with E-state index >= 15 is 0 Å². The van der Waals surface area contributed by atoms with Crippen LogP contribution >= 0.6 is 0 Å². The predicted octanol–water partition coefficient (Wildman–Crippen LogP) is 1.47. The molecule has 8 nitrogen and oxygen atoms in total. The summed E-state index contributed by atoms with van der Waals surface area (Å²) < 4.78 is 7.74. The number of esters is 1. The number of carbonyl (C=O) groups excluding carboxylic acids is 1. The Morgan fingerprint density at radius 3 is 2.68 bits per heavy atom. The number of benzene rings is 1. The van der Waals surface area contributed by atoms with Crippen LogP contribution in [0.5, 0.6) is 0 Å². The smallest absolute Gasteiger partial charge is 0.328 e. The van der Waals surface area contributed by atoms with Crippen LogP contribution in [-0.4, -0.2) is 37.1 Å². The van der Waals surface area contributed by atoms with Gasteiger partial charge >= 0.3 is 5.97 Å². The van der Waals surface area contributed by atoms with Gasteiger partial charge in [0.2, 0.25) is 0 Å². The maximum atomic E-state index is 12.6. The zero-order valence-corrected chi connectivity index (χ0v) is 14.3. The van der Waals surface area contributed by atoms with Gasteiger partial charge in [0.25, 0.3) is 5.56 Å². The molecule has 0 spiro atoms. The SMILES string of the molecule is CCOC(=O)[C@@H](C)n1cnc2c(nnn2Cc2ccc(C)cc2)c1=O. The maximum Gasteiger partial charge on any atom is 0.328 e. The summed E-state index contributed by atoms with van der Waals surface area (Å²) >= 11 is 0. The molecule has 2 aromatic heterocycles. The van der Waals surface area contributed by atoms with Crippen LogP contribution in [0.25, 0.3) is 11.2 Å². The lowest BCUT2D eigenvalue weighted by atomic mass is 10.1. The molecule has 0 aliphatic heterocycles. The van der Waals surface area contributed by atoms with Crippen molar-refractivity contribution < 1.29 is 9.53 Å². The van der Waals surface area contributed by atoms with Crippen LogP contribution < -0.4 is 5.56 Å². The van der Waals surface area contributed by atoms with E-state index < -0.39 is 17.6 Å². The molecule has 25 heavy (non-hydrogen) atoms. The molecule has 1 atom stereocenters. The van der Waals surface area contributed by atoms with Gasteiger partial charge in [-0.05, 0) is 26.3 Å². The second-order valence-electron chi connectivity index (χ2n) is 5.79. The topological polar surface area (TPSA) is 91.9 Å². The van der Waals surface area contributed by atoms with Crippen molar-refractivity contribution in [2.24, 2.45) is 0 Å². The van der Waals surface area contributed by atoms with E-state index in [-0.39, 0.29) is 12.1 Å². The third-order valence-corrected chi connectivity index (χ3v) is 3.95. The summed E-state index contributed by atoms with van der Waals surface area (Å²) in [7, 11) is 0. The Balaban J connectivity index is 1.95. The van der Waals surface area contributed by atoms with Gasteiger partial charge in [-0.3, -0.25) is 9.36 Å². The van der Waals surface area contributed by atoms with Gasteiger partial charge in [0.1, 0.15) is 12.4 Å². The highest BCUT2D eigenvalue weighted by Crippen LogP contribution is 2.11. The number of carbonyl (C=O) groups is 1. The number of fused-ring (bicyclic) bond motifs is 1. The molecule has 0 amide bonds. The van der Waals surface area contributed by atoms with Crippen molar-refractivity contribution in [3.63, 3.8) is 0 Å². The first-order valence-corrected chi connectivity index (χ1v) is 8.03. The van der Waals surface area contributed by atoms with Crippen LogP contribution in [0.2, 0.25) is 0 Å². The third-order valence-electron chi connectivity index (χ3n) is 3.95. The minimum Gasteiger partial charge on any atom is -0.464 e. The van der Waals surface area contributed by atoms with E-state index in [0.29, 0.717) is 12.2 Å². The minimum absolute atomic E-state index is 0.130. The second kappa shape index (κ2) is 6.84. The van der Waals surface area contributed by atoms with Crippen molar-refractivity contribution in [1.29, 1.82) is 0 Å². The van der Waals surface area contributed by atoms with E-state index in [1.165, 1.54) is 16.5 Å². The first kappa shape index (κ1) is 16.8. The average Bonchev–Trinajstić information content (AvgIpc) is 3.01. The van der Waals surface area contributed by atoms with Crippen LogP contribution in [0.3, 0.4) is 0 Å². The van der Waals surface area contributed by atoms with Crippen LogP contribution in [0.15, 0.2) is 35.4 Å². The summed E-state index contributed by atoms with van der Waals surface area (Å²) in [4.78, 5) is 28.7. The summed E-state index contributed by atoms with van der Waals surface area (Å²) in [6.07, 6.45) is 1.33. The average molecular weight is 341 g/mol. The lowest BCUT2D eigenvalue weighted by molar-refractivity contribution is -0.146. The second-order valence-corrected chi connectivity index (χ2v) is 5.79. The number of aromatic nitrogens is 5. The zero-order chi connectivity index (χ0) is 18.0. The molecule has 0 fully saturated rings. The number of hydrogen-bond donors (Lipinski definition) is 0. The fraction of sp³-hybridized carbons (Fsp3) is 0.353. The first-order valence-electron chi connectivity index (χ1n) is 8.03. The molecule has 0 saturated heterocycles. The van der Waals surface area contributed by atoms with Crippen molar-refractivity contribution in [1.82, 2.24) is 24.5 Å². The summed E-state index contributed by atoms with van der Waals surface area (Å²) in [6.45, 7) is 6.03. The fourth-order valence-corrected chi connectivity index (χ4v) is 2.49. The highest BCUT2D eigenvalue weighted by molar-refractivity contribution is 5.74. The first-order chi connectivity index (χ1) is 12.0. The van der Waals surface area contributed by atoms with Crippen LogP contribution in [0.1, 0.15) is 31.0 Å². The van der Waals surface area contributed by atoms with Crippen molar-refractivity contribution in [2.45, 2.75) is 33.4 Å². The van der Waals surface area contributed by atoms with Gasteiger partial charge in [-0.25, -0.2) is 14.5 Å². The molecule has 0 aliphatic carbocycles. The monoisotopic (exact) mass is 341 g/mol. The summed E-state index contributed by atoms with van der Waals surface area (Å²) in [6, 6.07) is 7.23. The molecule has 0 aliphatic rings. The number of hydrogen-bond acceptors (Lipinski definition) is 6. The van der Waals surface area contributed by atoms with Gasteiger partial charge in [0.05, 0.1) is 13.2 Å². The number of aryl methyl sites for hydroxylation is 1. The summed E-state index contributed by atoms with van der Waals surface area (Å²) in [5.41, 5.74) is 2.30. The normalized spacial score (nSPS) is 12.3. The van der Waals surface area contributed by atoms with E-state index in [4.69, 9.17) is 4.74 Å². The number of nitrogens with zero attached hydrogens (tertiary/aromatic N) is 5. The molecule has 0 bridgehead atoms. The molecule has 0 unspecified atom stereocenters. The minimum atomic E-state index is -0.772. The van der Waals surface area contributed by atoms with E-state index in [0.717, 1.165) is 5.56 Å². The lowest BCUT2D eigenvalue weighted by Gasteiger charge is -2.12. The van der Waals surface area contributed by atoms with Gasteiger partial charge in [-0.2, -0.15) is 0 Å². The quantitative estimate of drug-likeness (QED) is 0.653. The van der Waals surface area contributed by atoms with Gasteiger partial charge in [0.15, 0.2) is 11.2 Å². The Labute approximate surface area is 144 Å². The van der Waals surface area contributed by atoms with Crippen LogP contribution in [-0.2, 0) is 16.1 Å². The Morgan fingerprint density at radius 1 is 1.28 bits per heavy atom. The van der Waals surface area contributed by atoms with Crippen molar-refractivity contribution in [3.8, 4) is 0 Å². The van der Waals surface area contributed by atoms with E-state index in [2.05, 4.69) is 15.3 Å². The third kappa shape index (κ3) is 3.28. The van der Waals surface area contributed by atoms with Gasteiger partial charge in [0, 0.05) is 0 Å². The molecule has 0 N–H and O–H groups in total. The number of rotatable bonds is 5. The summed E-state index contributed by atoms with van der Waals surface area (Å²) in [5.74, 6) is -0.488. The molecular weight excluding hydrogens is 322 g/mol. The molecule has 2 heterocycles. The highest BCUT2D eigenvalue weighted by Gasteiger charge is 2.20. The Morgan fingerprint density at radius 2 is 2.00 bits per heavy atom. The van der Waals surface area contributed by atoms with Crippen molar-refractivity contribution >= 4 is 17.1 Å². The predicted molar refractivity (Wildman–Crippen MR) is 91.2 cm³/mol. The van der Waals surface area contributed by atoms with Crippen molar-refractivity contribution in [3.05, 3.63) is 52.1 Å². The van der Waals surface area contributed by atoms with E-state index in [9.17, 15) is 9.59 Å². The zero-order valence-electron chi connectivity index (χ0n) is 14.3. The summed E-state index contributed by atoms with van der Waals surface area (Å²) in [5, 5.41) is 7.98. The molecule has 0 saturated carbocycles. The van der Waals surface area contributed by atoms with E-state index in [1.54, 1.807) is 18.5 Å². The molecule has 0 radical (unpaired) electrons. The Kier molecular flexibility index (Phi) is 4.60. The Bertz CT molecular complexity index is 959. The van der Waals surface area contributed by atoms with Gasteiger partial charge in [-0.15, -0.1) is 5.10 Å². The molecule has 130 valence electrons. The molecule has 8 heteroatoms. The largest absolute Gasteiger partial charge is 0.464 e. The van der Waals surface area contributed by atoms with Crippen LogP contribution in [0.4, 0.5) is 0 Å². The maximum absolute atomic E-state index is 12.6. The molecular formula is C17H19N5O3. The number of ether oxygens (including phenoxy) is 1. The lowest BCUT2D eigenvalue weighted by Crippen LogP contribution is -2.29. The molecule has 3 rings (SSSR count). The standard InChI is InChI=1S/C17H19N5O3/c1-4-25-17(24)12(3)21-10-18-15-14(16(21)23)19-20-22(15)9-13-7-5-11(2)6-8-13/h5-8,10,12H,4,9H2,1-3H3/t12-/m1/s1. The molecule has 1 aromatic carbocycles. The fourth-order valence-electron chi connectivity index (χ4n) is 2.49. The Hall–Kier alpha value is -3.03. The molecule has 3 aromatic rings. The van der Waals surface area contributed by atoms with Gasteiger partial charge in [-0.1, -0.05) is 35.0 Å². The van der Waals surface area contributed by atoms with E-state index in [1.807, 2.05) is 31.2 Å².